The first-order valence-electron chi connectivity index (χ1n) is 7.99. The van der Waals surface area contributed by atoms with Gasteiger partial charge in [0.25, 0.3) is 11.5 Å². The zero-order valence-corrected chi connectivity index (χ0v) is 15.1. The maximum absolute atomic E-state index is 12.9. The van der Waals surface area contributed by atoms with Crippen molar-refractivity contribution in [2.24, 2.45) is 7.05 Å². The van der Waals surface area contributed by atoms with Crippen LogP contribution < -0.4 is 10.9 Å². The van der Waals surface area contributed by atoms with Gasteiger partial charge in [-0.1, -0.05) is 0 Å². The second-order valence-electron chi connectivity index (χ2n) is 6.80. The van der Waals surface area contributed by atoms with Crippen LogP contribution in [-0.4, -0.2) is 38.6 Å². The first-order valence-corrected chi connectivity index (χ1v) is 7.99. The van der Waals surface area contributed by atoms with Crippen LogP contribution >= 0.6 is 0 Å². The van der Waals surface area contributed by atoms with Gasteiger partial charge in [-0.2, -0.15) is 5.10 Å². The molecule has 0 saturated carbocycles. The maximum atomic E-state index is 12.9. The SMILES string of the molecule is Cn1nc(C(=O)N(CC(=O)Nc2ccc(F)cc2)C(C)(C)C)ccc1=O. The predicted octanol–water partition coefficient (Wildman–Crippen LogP) is 1.80. The number of aryl methyl sites for hydroxylation is 1. The molecule has 0 bridgehead atoms. The van der Waals surface area contributed by atoms with Crippen molar-refractivity contribution in [3.05, 3.63) is 58.3 Å². The van der Waals surface area contributed by atoms with Crippen LogP contribution in [0.25, 0.3) is 0 Å². The molecule has 0 radical (unpaired) electrons. The summed E-state index contributed by atoms with van der Waals surface area (Å²) >= 11 is 0. The minimum Gasteiger partial charge on any atom is -0.325 e. The summed E-state index contributed by atoms with van der Waals surface area (Å²) in [5.41, 5.74) is -0.499. The Morgan fingerprint density at radius 2 is 1.77 bits per heavy atom. The third-order valence-corrected chi connectivity index (χ3v) is 3.66. The van der Waals surface area contributed by atoms with E-state index >= 15 is 0 Å². The fourth-order valence-corrected chi connectivity index (χ4v) is 2.25. The quantitative estimate of drug-likeness (QED) is 0.901. The van der Waals surface area contributed by atoms with Crippen molar-refractivity contribution >= 4 is 17.5 Å². The Bertz CT molecular complexity index is 869. The van der Waals surface area contributed by atoms with Gasteiger partial charge in [-0.3, -0.25) is 14.4 Å². The molecule has 7 nitrogen and oxygen atoms in total. The van der Waals surface area contributed by atoms with Crippen LogP contribution in [-0.2, 0) is 11.8 Å². The fraction of sp³-hybridized carbons (Fsp3) is 0.333. The maximum Gasteiger partial charge on any atom is 0.275 e. The first-order chi connectivity index (χ1) is 12.1. The summed E-state index contributed by atoms with van der Waals surface area (Å²) in [6, 6.07) is 7.92. The van der Waals surface area contributed by atoms with Crippen LogP contribution in [0.1, 0.15) is 31.3 Å². The Morgan fingerprint density at radius 3 is 2.31 bits per heavy atom. The lowest BCUT2D eigenvalue weighted by Gasteiger charge is -2.34. The minimum atomic E-state index is -0.659. The van der Waals surface area contributed by atoms with Crippen LogP contribution in [0.3, 0.4) is 0 Å². The summed E-state index contributed by atoms with van der Waals surface area (Å²) in [7, 11) is 1.45. The number of anilines is 1. The van der Waals surface area contributed by atoms with E-state index in [2.05, 4.69) is 10.4 Å². The summed E-state index contributed by atoms with van der Waals surface area (Å²) in [5.74, 6) is -1.30. The molecule has 2 aromatic rings. The molecule has 2 amide bonds. The van der Waals surface area contributed by atoms with Crippen LogP contribution in [0.4, 0.5) is 10.1 Å². The number of benzene rings is 1. The molecule has 138 valence electrons. The zero-order chi connectivity index (χ0) is 19.5. The Morgan fingerprint density at radius 1 is 1.15 bits per heavy atom. The Kier molecular flexibility index (Phi) is 5.54. The smallest absolute Gasteiger partial charge is 0.275 e. The number of hydrogen-bond acceptors (Lipinski definition) is 4. The monoisotopic (exact) mass is 360 g/mol. The summed E-state index contributed by atoms with van der Waals surface area (Å²) in [4.78, 5) is 38.0. The van der Waals surface area contributed by atoms with Crippen molar-refractivity contribution in [2.75, 3.05) is 11.9 Å². The summed E-state index contributed by atoms with van der Waals surface area (Å²) < 4.78 is 14.0. The lowest BCUT2D eigenvalue weighted by molar-refractivity contribution is -0.117. The Hall–Kier alpha value is -3.03. The van der Waals surface area contributed by atoms with Crippen molar-refractivity contribution in [1.29, 1.82) is 0 Å². The number of carbonyl (C=O) groups excluding carboxylic acids is 2. The average molecular weight is 360 g/mol. The number of aromatic nitrogens is 2. The van der Waals surface area contributed by atoms with Crippen molar-refractivity contribution in [3.63, 3.8) is 0 Å². The van der Waals surface area contributed by atoms with Crippen molar-refractivity contribution in [1.82, 2.24) is 14.7 Å². The van der Waals surface area contributed by atoms with Gasteiger partial charge in [0.1, 0.15) is 18.1 Å². The molecule has 1 N–H and O–H groups in total. The first kappa shape index (κ1) is 19.3. The van der Waals surface area contributed by atoms with Gasteiger partial charge in [-0.25, -0.2) is 9.07 Å². The van der Waals surface area contributed by atoms with E-state index in [1.165, 1.54) is 48.3 Å². The second-order valence-corrected chi connectivity index (χ2v) is 6.80. The molecule has 1 aromatic carbocycles. The predicted molar refractivity (Wildman–Crippen MR) is 95.3 cm³/mol. The van der Waals surface area contributed by atoms with Crippen molar-refractivity contribution in [3.8, 4) is 0 Å². The van der Waals surface area contributed by atoms with Crippen LogP contribution in [0.15, 0.2) is 41.2 Å². The molecule has 0 unspecified atom stereocenters. The van der Waals surface area contributed by atoms with Crippen LogP contribution in [0.5, 0.6) is 0 Å². The largest absolute Gasteiger partial charge is 0.325 e. The van der Waals surface area contributed by atoms with E-state index in [0.29, 0.717) is 5.69 Å². The van der Waals surface area contributed by atoms with Crippen molar-refractivity contribution in [2.45, 2.75) is 26.3 Å². The number of rotatable bonds is 4. The topological polar surface area (TPSA) is 84.3 Å². The van der Waals surface area contributed by atoms with E-state index in [4.69, 9.17) is 0 Å². The highest BCUT2D eigenvalue weighted by atomic mass is 19.1. The molecular formula is C18H21FN4O3. The molecule has 0 saturated heterocycles. The number of halogens is 1. The highest BCUT2D eigenvalue weighted by Crippen LogP contribution is 2.17. The number of amides is 2. The zero-order valence-electron chi connectivity index (χ0n) is 15.1. The molecule has 2 rings (SSSR count). The summed E-state index contributed by atoms with van der Waals surface area (Å²) in [6.45, 7) is 5.15. The standard InChI is InChI=1S/C18H21FN4O3/c1-18(2,3)23(17(26)14-9-10-16(25)22(4)21-14)11-15(24)20-13-7-5-12(19)6-8-13/h5-10H,11H2,1-4H3,(H,20,24). The number of carbonyl (C=O) groups is 2. The lowest BCUT2D eigenvalue weighted by atomic mass is 10.1. The lowest BCUT2D eigenvalue weighted by Crippen LogP contribution is -2.49. The van der Waals surface area contributed by atoms with E-state index in [1.807, 2.05) is 0 Å². The normalized spacial score (nSPS) is 11.1. The van der Waals surface area contributed by atoms with Crippen molar-refractivity contribution < 1.29 is 14.0 Å². The van der Waals surface area contributed by atoms with Gasteiger partial charge in [0.05, 0.1) is 0 Å². The molecule has 0 atom stereocenters. The van der Waals surface area contributed by atoms with E-state index in [-0.39, 0.29) is 17.8 Å². The highest BCUT2D eigenvalue weighted by molar-refractivity contribution is 5.98. The van der Waals surface area contributed by atoms with Gasteiger partial charge in [-0.05, 0) is 51.1 Å². The van der Waals surface area contributed by atoms with Gasteiger partial charge in [0, 0.05) is 24.3 Å². The second kappa shape index (κ2) is 7.47. The Balaban J connectivity index is 2.20. The molecule has 0 fully saturated rings. The van der Waals surface area contributed by atoms with E-state index in [1.54, 1.807) is 20.8 Å². The summed E-state index contributed by atoms with van der Waals surface area (Å²) in [5, 5.41) is 6.57. The minimum absolute atomic E-state index is 0.0663. The molecule has 1 heterocycles. The van der Waals surface area contributed by atoms with Gasteiger partial charge in [-0.15, -0.1) is 0 Å². The molecule has 0 aliphatic rings. The van der Waals surface area contributed by atoms with Crippen LogP contribution in [0.2, 0.25) is 0 Å². The van der Waals surface area contributed by atoms with E-state index in [0.717, 1.165) is 4.68 Å². The van der Waals surface area contributed by atoms with Gasteiger partial charge < -0.3 is 10.2 Å². The molecule has 0 aliphatic heterocycles. The fourth-order valence-electron chi connectivity index (χ4n) is 2.25. The van der Waals surface area contributed by atoms with E-state index < -0.39 is 23.2 Å². The van der Waals surface area contributed by atoms with E-state index in [9.17, 15) is 18.8 Å². The molecular weight excluding hydrogens is 339 g/mol. The molecule has 1 aromatic heterocycles. The van der Waals surface area contributed by atoms with Gasteiger partial charge >= 0.3 is 0 Å². The summed E-state index contributed by atoms with van der Waals surface area (Å²) in [6.07, 6.45) is 0. The average Bonchev–Trinajstić information content (AvgIpc) is 2.55. The third-order valence-electron chi connectivity index (χ3n) is 3.66. The number of hydrogen-bond donors (Lipinski definition) is 1. The molecule has 8 heteroatoms. The highest BCUT2D eigenvalue weighted by Gasteiger charge is 2.30. The molecule has 0 aliphatic carbocycles. The number of nitrogens with one attached hydrogen (secondary N) is 1. The molecule has 26 heavy (non-hydrogen) atoms. The van der Waals surface area contributed by atoms with Gasteiger partial charge in [0.2, 0.25) is 5.91 Å². The van der Waals surface area contributed by atoms with Gasteiger partial charge in [0.15, 0.2) is 0 Å². The Labute approximate surface area is 150 Å². The van der Waals surface area contributed by atoms with Crippen LogP contribution in [0, 0.1) is 5.82 Å². The number of nitrogens with zero attached hydrogens (tertiary/aromatic N) is 3. The molecule has 0 spiro atoms. The third kappa shape index (κ3) is 4.75.